The summed E-state index contributed by atoms with van der Waals surface area (Å²) >= 11 is 1.70. The number of carbonyl (C=O) groups is 1. The molecule has 1 aliphatic rings. The Morgan fingerprint density at radius 2 is 2.47 bits per heavy atom. The van der Waals surface area contributed by atoms with Gasteiger partial charge in [0.2, 0.25) is 5.91 Å². The van der Waals surface area contributed by atoms with Gasteiger partial charge in [-0.2, -0.15) is 0 Å². The van der Waals surface area contributed by atoms with Gasteiger partial charge < -0.3 is 5.32 Å². The van der Waals surface area contributed by atoms with E-state index in [2.05, 4.69) is 22.6 Å². The van der Waals surface area contributed by atoms with Crippen molar-refractivity contribution in [3.8, 4) is 0 Å². The Balaban J connectivity index is 1.70. The number of amides is 1. The third-order valence-corrected chi connectivity index (χ3v) is 3.57. The molecule has 1 fully saturated rings. The second-order valence-corrected chi connectivity index (χ2v) is 4.84. The van der Waals surface area contributed by atoms with Gasteiger partial charge >= 0.3 is 0 Å². The third-order valence-electron chi connectivity index (χ3n) is 2.53. The number of aromatic nitrogens is 1. The lowest BCUT2D eigenvalue weighted by Crippen LogP contribution is -2.26. The van der Waals surface area contributed by atoms with E-state index < -0.39 is 0 Å². The summed E-state index contributed by atoms with van der Waals surface area (Å²) in [4.78, 5) is 15.8. The first-order valence-corrected chi connectivity index (χ1v) is 6.38. The fourth-order valence-corrected chi connectivity index (χ4v) is 2.21. The van der Waals surface area contributed by atoms with Gasteiger partial charge in [0, 0.05) is 24.3 Å². The minimum atomic E-state index is 0.223. The number of nitrogens with one attached hydrogen (secondary N) is 1. The second kappa shape index (κ2) is 4.75. The van der Waals surface area contributed by atoms with Gasteiger partial charge in [0.1, 0.15) is 0 Å². The van der Waals surface area contributed by atoms with E-state index >= 15 is 0 Å². The molecular weight excluding hydrogens is 208 g/mol. The van der Waals surface area contributed by atoms with Crippen molar-refractivity contribution >= 4 is 17.2 Å². The quantitative estimate of drug-likeness (QED) is 0.828. The van der Waals surface area contributed by atoms with Crippen molar-refractivity contribution in [3.63, 3.8) is 0 Å². The van der Waals surface area contributed by atoms with Crippen LogP contribution in [0, 0.1) is 5.92 Å². The molecule has 1 heterocycles. The van der Waals surface area contributed by atoms with Crippen molar-refractivity contribution in [2.75, 3.05) is 6.54 Å². The molecule has 0 spiro atoms. The maximum absolute atomic E-state index is 11.3. The SMILES string of the molecule is CCc1nc(CCNC(=O)C2CC2)cs1. The summed E-state index contributed by atoms with van der Waals surface area (Å²) in [5, 5.41) is 6.21. The molecule has 0 saturated heterocycles. The Hall–Kier alpha value is -0.900. The van der Waals surface area contributed by atoms with Crippen LogP contribution in [0.4, 0.5) is 0 Å². The molecule has 1 saturated carbocycles. The Bertz CT molecular complexity index is 344. The number of hydrogen-bond acceptors (Lipinski definition) is 3. The van der Waals surface area contributed by atoms with Crippen molar-refractivity contribution in [2.24, 2.45) is 5.92 Å². The highest BCUT2D eigenvalue weighted by atomic mass is 32.1. The highest BCUT2D eigenvalue weighted by Crippen LogP contribution is 2.28. The zero-order valence-electron chi connectivity index (χ0n) is 8.95. The molecule has 0 aliphatic heterocycles. The zero-order valence-corrected chi connectivity index (χ0v) is 9.77. The summed E-state index contributed by atoms with van der Waals surface area (Å²) < 4.78 is 0. The maximum Gasteiger partial charge on any atom is 0.223 e. The summed E-state index contributed by atoms with van der Waals surface area (Å²) in [5.41, 5.74) is 1.10. The van der Waals surface area contributed by atoms with Crippen LogP contribution in [0.1, 0.15) is 30.5 Å². The van der Waals surface area contributed by atoms with E-state index in [1.807, 2.05) is 0 Å². The third kappa shape index (κ3) is 3.02. The molecule has 82 valence electrons. The smallest absolute Gasteiger partial charge is 0.223 e. The topological polar surface area (TPSA) is 42.0 Å². The van der Waals surface area contributed by atoms with E-state index in [-0.39, 0.29) is 5.91 Å². The van der Waals surface area contributed by atoms with Crippen LogP contribution in [0.2, 0.25) is 0 Å². The van der Waals surface area contributed by atoms with Crippen molar-refractivity contribution in [1.29, 1.82) is 0 Å². The minimum absolute atomic E-state index is 0.223. The van der Waals surface area contributed by atoms with Gasteiger partial charge in [0.15, 0.2) is 0 Å². The second-order valence-electron chi connectivity index (χ2n) is 3.90. The molecule has 4 heteroatoms. The van der Waals surface area contributed by atoms with Crippen LogP contribution in [0.5, 0.6) is 0 Å². The standard InChI is InChI=1S/C11H16N2OS/c1-2-10-13-9(7-15-10)5-6-12-11(14)8-3-4-8/h7-8H,2-6H2,1H3,(H,12,14). The Kier molecular flexibility index (Phi) is 3.36. The van der Waals surface area contributed by atoms with Crippen LogP contribution in [0.25, 0.3) is 0 Å². The number of aryl methyl sites for hydroxylation is 1. The lowest BCUT2D eigenvalue weighted by molar-refractivity contribution is -0.122. The molecule has 0 radical (unpaired) electrons. The Morgan fingerprint density at radius 3 is 3.07 bits per heavy atom. The molecule has 1 aromatic rings. The number of rotatable bonds is 5. The molecule has 15 heavy (non-hydrogen) atoms. The van der Waals surface area contributed by atoms with E-state index in [9.17, 15) is 4.79 Å². The monoisotopic (exact) mass is 224 g/mol. The summed E-state index contributed by atoms with van der Waals surface area (Å²) in [5.74, 6) is 0.535. The van der Waals surface area contributed by atoms with E-state index in [0.29, 0.717) is 5.92 Å². The largest absolute Gasteiger partial charge is 0.355 e. The number of carbonyl (C=O) groups excluding carboxylic acids is 1. The predicted octanol–water partition coefficient (Wildman–Crippen LogP) is 1.77. The van der Waals surface area contributed by atoms with Crippen LogP contribution in [0.15, 0.2) is 5.38 Å². The number of hydrogen-bond donors (Lipinski definition) is 1. The van der Waals surface area contributed by atoms with E-state index in [1.165, 1.54) is 5.01 Å². The van der Waals surface area contributed by atoms with E-state index in [1.54, 1.807) is 11.3 Å². The Morgan fingerprint density at radius 1 is 1.67 bits per heavy atom. The van der Waals surface area contributed by atoms with Crippen LogP contribution >= 0.6 is 11.3 Å². The minimum Gasteiger partial charge on any atom is -0.355 e. The van der Waals surface area contributed by atoms with Gasteiger partial charge in [-0.1, -0.05) is 6.92 Å². The normalized spacial score (nSPS) is 15.3. The summed E-state index contributed by atoms with van der Waals surface area (Å²) in [6.45, 7) is 2.83. The van der Waals surface area contributed by atoms with Crippen molar-refractivity contribution in [2.45, 2.75) is 32.6 Å². The molecule has 2 rings (SSSR count). The zero-order chi connectivity index (χ0) is 10.7. The molecule has 0 atom stereocenters. The fourth-order valence-electron chi connectivity index (χ4n) is 1.43. The summed E-state index contributed by atoms with van der Waals surface area (Å²) in [6, 6.07) is 0. The van der Waals surface area contributed by atoms with Crippen LogP contribution in [-0.2, 0) is 17.6 Å². The predicted molar refractivity (Wildman–Crippen MR) is 60.9 cm³/mol. The lowest BCUT2D eigenvalue weighted by atomic mass is 10.3. The van der Waals surface area contributed by atoms with Gasteiger partial charge in [-0.3, -0.25) is 4.79 Å². The van der Waals surface area contributed by atoms with Gasteiger partial charge in [0.25, 0.3) is 0 Å². The first kappa shape index (κ1) is 10.6. The van der Waals surface area contributed by atoms with E-state index in [4.69, 9.17) is 0 Å². The highest BCUT2D eigenvalue weighted by Gasteiger charge is 2.28. The average Bonchev–Trinajstić information content (AvgIpc) is 2.99. The molecule has 1 N–H and O–H groups in total. The molecule has 0 aromatic carbocycles. The molecule has 3 nitrogen and oxygen atoms in total. The van der Waals surface area contributed by atoms with Crippen molar-refractivity contribution in [1.82, 2.24) is 10.3 Å². The van der Waals surface area contributed by atoms with Gasteiger partial charge in [0.05, 0.1) is 10.7 Å². The molecule has 0 unspecified atom stereocenters. The van der Waals surface area contributed by atoms with Gasteiger partial charge in [-0.25, -0.2) is 4.98 Å². The Labute approximate surface area is 93.9 Å². The van der Waals surface area contributed by atoms with Gasteiger partial charge in [-0.15, -0.1) is 11.3 Å². The molecule has 1 amide bonds. The van der Waals surface area contributed by atoms with E-state index in [0.717, 1.165) is 37.9 Å². The molecule has 1 aliphatic carbocycles. The van der Waals surface area contributed by atoms with Crippen molar-refractivity contribution < 1.29 is 4.79 Å². The maximum atomic E-state index is 11.3. The number of thiazole rings is 1. The first-order chi connectivity index (χ1) is 7.29. The molecular formula is C11H16N2OS. The van der Waals surface area contributed by atoms with Crippen LogP contribution < -0.4 is 5.32 Å². The number of nitrogens with zero attached hydrogens (tertiary/aromatic N) is 1. The summed E-state index contributed by atoms with van der Waals surface area (Å²) in [7, 11) is 0. The average molecular weight is 224 g/mol. The fraction of sp³-hybridized carbons (Fsp3) is 0.636. The first-order valence-electron chi connectivity index (χ1n) is 5.50. The highest BCUT2D eigenvalue weighted by molar-refractivity contribution is 7.09. The summed E-state index contributed by atoms with van der Waals surface area (Å²) in [6.07, 6.45) is 4.00. The van der Waals surface area contributed by atoms with Crippen LogP contribution in [0.3, 0.4) is 0 Å². The molecule has 1 aromatic heterocycles. The lowest BCUT2D eigenvalue weighted by Gasteiger charge is -2.01. The molecule has 0 bridgehead atoms. The van der Waals surface area contributed by atoms with Crippen LogP contribution in [-0.4, -0.2) is 17.4 Å². The van der Waals surface area contributed by atoms with Gasteiger partial charge in [-0.05, 0) is 19.3 Å². The van der Waals surface area contributed by atoms with Crippen molar-refractivity contribution in [3.05, 3.63) is 16.1 Å².